The Kier molecular flexibility index (Phi) is 3.22. The summed E-state index contributed by atoms with van der Waals surface area (Å²) in [6, 6.07) is 7.54. The Balaban J connectivity index is 2.02. The summed E-state index contributed by atoms with van der Waals surface area (Å²) in [5.74, 6) is 0. The summed E-state index contributed by atoms with van der Waals surface area (Å²) in [6.45, 7) is 0. The molecule has 0 atom stereocenters. The van der Waals surface area contributed by atoms with Crippen molar-refractivity contribution in [3.8, 4) is 0 Å². The molecular weight excluding hydrogens is 284 g/mol. The first-order valence-electron chi connectivity index (χ1n) is 6.58. The summed E-state index contributed by atoms with van der Waals surface area (Å²) < 4.78 is 28.9. The van der Waals surface area contributed by atoms with Gasteiger partial charge in [-0.15, -0.1) is 0 Å². The fourth-order valence-corrected chi connectivity index (χ4v) is 3.59. The van der Waals surface area contributed by atoms with Crippen molar-refractivity contribution in [1.82, 2.24) is 9.13 Å². The standard InChI is InChI=1S/C16H16N2O2S/c1-17-9-3-5-13(17)11-15-7-8-16(21(15,19)20)12-14-6-4-10-18(14)2/h3-12H,1-2H3/b15-11+,16-12+. The maximum Gasteiger partial charge on any atom is 0.206 e. The quantitative estimate of drug-likeness (QED) is 0.856. The molecular formula is C16H16N2O2S. The normalized spacial score (nSPS) is 20.7. The minimum atomic E-state index is -3.43. The second-order valence-corrected chi connectivity index (χ2v) is 6.97. The molecule has 0 aliphatic carbocycles. The van der Waals surface area contributed by atoms with Crippen LogP contribution in [-0.4, -0.2) is 17.6 Å². The lowest BCUT2D eigenvalue weighted by molar-refractivity contribution is 0.610. The van der Waals surface area contributed by atoms with Gasteiger partial charge in [-0.1, -0.05) is 0 Å². The molecule has 0 radical (unpaired) electrons. The number of nitrogens with zero attached hydrogens (tertiary/aromatic N) is 2. The first-order chi connectivity index (χ1) is 9.98. The van der Waals surface area contributed by atoms with Crippen molar-refractivity contribution in [1.29, 1.82) is 0 Å². The molecule has 0 bridgehead atoms. The third kappa shape index (κ3) is 2.40. The number of hydrogen-bond acceptors (Lipinski definition) is 2. The molecule has 0 saturated heterocycles. The maximum atomic E-state index is 12.6. The molecule has 0 unspecified atom stereocenters. The monoisotopic (exact) mass is 300 g/mol. The lowest BCUT2D eigenvalue weighted by atomic mass is 10.3. The molecule has 2 aromatic rings. The number of sulfone groups is 1. The van der Waals surface area contributed by atoms with Crippen LogP contribution in [0.25, 0.3) is 12.2 Å². The van der Waals surface area contributed by atoms with Crippen LogP contribution in [0.15, 0.2) is 58.6 Å². The van der Waals surface area contributed by atoms with E-state index in [9.17, 15) is 8.42 Å². The van der Waals surface area contributed by atoms with E-state index in [0.29, 0.717) is 9.81 Å². The highest BCUT2D eigenvalue weighted by molar-refractivity contribution is 8.00. The van der Waals surface area contributed by atoms with Gasteiger partial charge in [0.25, 0.3) is 0 Å². The molecule has 1 aliphatic heterocycles. The van der Waals surface area contributed by atoms with Crippen molar-refractivity contribution in [2.24, 2.45) is 14.1 Å². The largest absolute Gasteiger partial charge is 0.351 e. The summed E-state index contributed by atoms with van der Waals surface area (Å²) in [7, 11) is 0.345. The summed E-state index contributed by atoms with van der Waals surface area (Å²) in [4.78, 5) is 0.648. The molecule has 3 rings (SSSR count). The van der Waals surface area contributed by atoms with E-state index in [0.717, 1.165) is 11.4 Å². The first kappa shape index (κ1) is 13.7. The van der Waals surface area contributed by atoms with Gasteiger partial charge in [-0.05, 0) is 48.6 Å². The minimum Gasteiger partial charge on any atom is -0.351 e. The van der Waals surface area contributed by atoms with E-state index in [1.165, 1.54) is 0 Å². The van der Waals surface area contributed by atoms with Gasteiger partial charge in [-0.25, -0.2) is 8.42 Å². The Morgan fingerprint density at radius 1 is 0.857 bits per heavy atom. The molecule has 0 spiro atoms. The van der Waals surface area contributed by atoms with Gasteiger partial charge in [-0.3, -0.25) is 0 Å². The summed E-state index contributed by atoms with van der Waals surface area (Å²) >= 11 is 0. The predicted octanol–water partition coefficient (Wildman–Crippen LogP) is 2.73. The van der Waals surface area contributed by atoms with E-state index in [2.05, 4.69) is 0 Å². The van der Waals surface area contributed by atoms with E-state index < -0.39 is 9.84 Å². The Morgan fingerprint density at radius 2 is 1.29 bits per heavy atom. The third-order valence-electron chi connectivity index (χ3n) is 3.58. The molecule has 4 nitrogen and oxygen atoms in total. The smallest absolute Gasteiger partial charge is 0.206 e. The Bertz CT molecular complexity index is 811. The second kappa shape index (κ2) is 4.93. The van der Waals surface area contributed by atoms with Crippen LogP contribution in [0, 0.1) is 0 Å². The van der Waals surface area contributed by atoms with Gasteiger partial charge in [-0.2, -0.15) is 0 Å². The zero-order valence-corrected chi connectivity index (χ0v) is 12.7. The summed E-state index contributed by atoms with van der Waals surface area (Å²) in [5, 5.41) is 0. The molecule has 0 saturated carbocycles. The highest BCUT2D eigenvalue weighted by Gasteiger charge is 2.26. The van der Waals surface area contributed by atoms with Crippen molar-refractivity contribution < 1.29 is 8.42 Å². The fraction of sp³-hybridized carbons (Fsp3) is 0.125. The third-order valence-corrected chi connectivity index (χ3v) is 5.33. The summed E-state index contributed by atoms with van der Waals surface area (Å²) in [5.41, 5.74) is 1.72. The minimum absolute atomic E-state index is 0.324. The molecule has 0 fully saturated rings. The number of aromatic nitrogens is 2. The molecule has 0 N–H and O–H groups in total. The van der Waals surface area contributed by atoms with Gasteiger partial charge in [0.05, 0.1) is 9.81 Å². The van der Waals surface area contributed by atoms with Gasteiger partial charge in [0.15, 0.2) is 0 Å². The number of rotatable bonds is 2. The molecule has 108 valence electrons. The Morgan fingerprint density at radius 3 is 1.62 bits per heavy atom. The fourth-order valence-electron chi connectivity index (χ4n) is 2.27. The number of hydrogen-bond donors (Lipinski definition) is 0. The average molecular weight is 300 g/mol. The van der Waals surface area contributed by atoms with Crippen molar-refractivity contribution in [3.63, 3.8) is 0 Å². The molecule has 21 heavy (non-hydrogen) atoms. The molecule has 5 heteroatoms. The van der Waals surface area contributed by atoms with Crippen LogP contribution < -0.4 is 0 Å². The molecule has 0 amide bonds. The van der Waals surface area contributed by atoms with E-state index >= 15 is 0 Å². The molecule has 0 aromatic carbocycles. The summed E-state index contributed by atoms with van der Waals surface area (Å²) in [6.07, 6.45) is 10.5. The first-order valence-corrected chi connectivity index (χ1v) is 8.06. The number of allylic oxidation sites excluding steroid dienone is 2. The van der Waals surface area contributed by atoms with E-state index in [1.807, 2.05) is 59.9 Å². The van der Waals surface area contributed by atoms with E-state index in [1.54, 1.807) is 24.3 Å². The van der Waals surface area contributed by atoms with Gasteiger partial charge >= 0.3 is 0 Å². The van der Waals surface area contributed by atoms with Crippen molar-refractivity contribution >= 4 is 22.0 Å². The van der Waals surface area contributed by atoms with Crippen LogP contribution in [-0.2, 0) is 23.9 Å². The SMILES string of the molecule is Cn1cccc1/C=C1C=C/C(=C\c2cccn2C)S\1(=O)=O. The van der Waals surface area contributed by atoms with E-state index in [-0.39, 0.29) is 0 Å². The predicted molar refractivity (Wildman–Crippen MR) is 84.8 cm³/mol. The van der Waals surface area contributed by atoms with E-state index in [4.69, 9.17) is 0 Å². The van der Waals surface area contributed by atoms with Gasteiger partial charge in [0, 0.05) is 37.9 Å². The highest BCUT2D eigenvalue weighted by atomic mass is 32.2. The molecule has 2 aromatic heterocycles. The topological polar surface area (TPSA) is 44.0 Å². The zero-order valence-electron chi connectivity index (χ0n) is 11.9. The average Bonchev–Trinajstić information content (AvgIpc) is 3.08. The zero-order chi connectivity index (χ0) is 15.0. The lowest BCUT2D eigenvalue weighted by Crippen LogP contribution is -2.00. The Labute approximate surface area is 124 Å². The van der Waals surface area contributed by atoms with Crippen LogP contribution in [0.5, 0.6) is 0 Å². The van der Waals surface area contributed by atoms with Gasteiger partial charge in [0.2, 0.25) is 9.84 Å². The number of aryl methyl sites for hydroxylation is 2. The second-order valence-electron chi connectivity index (χ2n) is 5.02. The van der Waals surface area contributed by atoms with Crippen LogP contribution in [0.1, 0.15) is 11.4 Å². The van der Waals surface area contributed by atoms with Crippen molar-refractivity contribution in [3.05, 3.63) is 70.0 Å². The highest BCUT2D eigenvalue weighted by Crippen LogP contribution is 2.30. The van der Waals surface area contributed by atoms with Crippen molar-refractivity contribution in [2.45, 2.75) is 0 Å². The van der Waals surface area contributed by atoms with Crippen molar-refractivity contribution in [2.75, 3.05) is 0 Å². The van der Waals surface area contributed by atoms with Crippen LogP contribution in [0.3, 0.4) is 0 Å². The van der Waals surface area contributed by atoms with Crippen LogP contribution >= 0.6 is 0 Å². The maximum absolute atomic E-state index is 12.6. The lowest BCUT2D eigenvalue weighted by Gasteiger charge is -2.02. The van der Waals surface area contributed by atoms with Crippen LogP contribution in [0.4, 0.5) is 0 Å². The van der Waals surface area contributed by atoms with Crippen LogP contribution in [0.2, 0.25) is 0 Å². The van der Waals surface area contributed by atoms with Gasteiger partial charge < -0.3 is 9.13 Å². The Hall–Kier alpha value is -2.27. The molecule has 1 aliphatic rings. The van der Waals surface area contributed by atoms with Gasteiger partial charge in [0.1, 0.15) is 0 Å². The molecule has 3 heterocycles.